The van der Waals surface area contributed by atoms with Crippen LogP contribution in [0.25, 0.3) is 10.6 Å². The molecule has 3 aromatic rings. The minimum atomic E-state index is -0.153. The Bertz CT molecular complexity index is 943. The molecule has 2 atom stereocenters. The van der Waals surface area contributed by atoms with Gasteiger partial charge in [-0.15, -0.1) is 11.3 Å². The van der Waals surface area contributed by atoms with Crippen LogP contribution in [0, 0.1) is 6.92 Å². The van der Waals surface area contributed by atoms with Crippen molar-refractivity contribution in [1.29, 1.82) is 0 Å². The molecule has 4 heterocycles. The van der Waals surface area contributed by atoms with Crippen molar-refractivity contribution < 1.29 is 9.53 Å². The Morgan fingerprint density at radius 2 is 2.04 bits per heavy atom. The van der Waals surface area contributed by atoms with Crippen LogP contribution >= 0.6 is 22.7 Å². The Morgan fingerprint density at radius 3 is 2.68 bits per heavy atom. The minimum absolute atomic E-state index is 0.153. The molecular formula is C20H22N4O2S2. The molecule has 4 rings (SSSR count). The van der Waals surface area contributed by atoms with Crippen molar-refractivity contribution >= 4 is 40.1 Å². The van der Waals surface area contributed by atoms with Crippen molar-refractivity contribution in [3.8, 4) is 10.6 Å². The lowest BCUT2D eigenvalue weighted by atomic mass is 10.2. The van der Waals surface area contributed by atoms with Crippen LogP contribution in [0.4, 0.5) is 11.5 Å². The van der Waals surface area contributed by atoms with Gasteiger partial charge in [-0.2, -0.15) is 11.3 Å². The lowest BCUT2D eigenvalue weighted by Gasteiger charge is -2.36. The number of carbonyl (C=O) groups excluding carboxylic acids is 1. The first-order valence-corrected chi connectivity index (χ1v) is 10.9. The molecule has 0 aliphatic carbocycles. The summed E-state index contributed by atoms with van der Waals surface area (Å²) < 4.78 is 5.77. The van der Waals surface area contributed by atoms with Gasteiger partial charge in [-0.3, -0.25) is 4.79 Å². The van der Waals surface area contributed by atoms with Crippen LogP contribution < -0.4 is 10.2 Å². The number of nitrogens with one attached hydrogen (secondary N) is 1. The van der Waals surface area contributed by atoms with E-state index >= 15 is 0 Å². The molecule has 1 saturated heterocycles. The summed E-state index contributed by atoms with van der Waals surface area (Å²) in [6, 6.07) is 5.85. The van der Waals surface area contributed by atoms with Gasteiger partial charge in [-0.25, -0.2) is 9.97 Å². The lowest BCUT2D eigenvalue weighted by Crippen LogP contribution is -2.45. The number of morpholine rings is 1. The summed E-state index contributed by atoms with van der Waals surface area (Å²) in [6.45, 7) is 7.63. The van der Waals surface area contributed by atoms with E-state index in [1.807, 2.05) is 35.9 Å². The van der Waals surface area contributed by atoms with E-state index in [0.29, 0.717) is 10.6 Å². The van der Waals surface area contributed by atoms with Crippen LogP contribution in [0.15, 0.2) is 35.2 Å². The fourth-order valence-electron chi connectivity index (χ4n) is 3.32. The van der Waals surface area contributed by atoms with E-state index in [2.05, 4.69) is 34.0 Å². The maximum absolute atomic E-state index is 12.7. The Hall–Kier alpha value is -2.29. The van der Waals surface area contributed by atoms with Crippen molar-refractivity contribution in [2.24, 2.45) is 0 Å². The average molecular weight is 415 g/mol. The predicted octanol–water partition coefficient (Wildman–Crippen LogP) is 4.44. The number of aryl methyl sites for hydroxylation is 1. The summed E-state index contributed by atoms with van der Waals surface area (Å²) in [5.41, 5.74) is 2.47. The van der Waals surface area contributed by atoms with E-state index in [1.165, 1.54) is 11.3 Å². The topological polar surface area (TPSA) is 67.4 Å². The first kappa shape index (κ1) is 19.0. The number of hydrogen-bond donors (Lipinski definition) is 1. The van der Waals surface area contributed by atoms with Crippen LogP contribution in [0.1, 0.15) is 29.2 Å². The van der Waals surface area contributed by atoms with Gasteiger partial charge in [-0.05, 0) is 44.4 Å². The second-order valence-corrected chi connectivity index (χ2v) is 8.75. The molecule has 0 aromatic carbocycles. The van der Waals surface area contributed by atoms with Gasteiger partial charge >= 0.3 is 0 Å². The highest BCUT2D eigenvalue weighted by molar-refractivity contribution is 7.17. The van der Waals surface area contributed by atoms with Crippen molar-refractivity contribution in [3.05, 3.63) is 45.7 Å². The van der Waals surface area contributed by atoms with Crippen LogP contribution in [0.5, 0.6) is 0 Å². The van der Waals surface area contributed by atoms with Crippen molar-refractivity contribution in [1.82, 2.24) is 9.97 Å². The third-order valence-corrected chi connectivity index (χ3v) is 6.41. The molecule has 1 aliphatic heterocycles. The van der Waals surface area contributed by atoms with Gasteiger partial charge in [0.2, 0.25) is 0 Å². The van der Waals surface area contributed by atoms with E-state index in [9.17, 15) is 4.79 Å². The molecule has 1 fully saturated rings. The number of anilines is 2. The standard InChI is InChI=1S/C20H22N4O2S2/c1-12-9-24(10-13(2)26-12)17-5-4-16(8-21-17)23-19(25)18-14(3)22-20(28-18)15-6-7-27-11-15/h4-8,11-13H,9-10H2,1-3H3,(H,23,25)/t12-,13-/m1/s1. The molecule has 1 aliphatic rings. The summed E-state index contributed by atoms with van der Waals surface area (Å²) >= 11 is 3.03. The second-order valence-electron chi connectivity index (χ2n) is 6.97. The molecule has 28 heavy (non-hydrogen) atoms. The molecule has 146 valence electrons. The van der Waals surface area contributed by atoms with E-state index in [0.717, 1.165) is 35.2 Å². The SMILES string of the molecule is Cc1nc(-c2ccsc2)sc1C(=O)Nc1ccc(N2C[C@@H](C)O[C@H](C)C2)nc1. The molecular weight excluding hydrogens is 392 g/mol. The zero-order chi connectivity index (χ0) is 19.7. The number of thiazole rings is 1. The molecule has 8 heteroatoms. The van der Waals surface area contributed by atoms with Gasteiger partial charge in [0.15, 0.2) is 0 Å². The summed E-state index contributed by atoms with van der Waals surface area (Å²) in [4.78, 5) is 24.6. The Kier molecular flexibility index (Phi) is 5.43. The highest BCUT2D eigenvalue weighted by Crippen LogP contribution is 2.30. The Balaban J connectivity index is 1.45. The maximum atomic E-state index is 12.7. The third-order valence-electron chi connectivity index (χ3n) is 4.52. The van der Waals surface area contributed by atoms with Crippen LogP contribution in [-0.2, 0) is 4.74 Å². The third kappa shape index (κ3) is 4.09. The van der Waals surface area contributed by atoms with E-state index < -0.39 is 0 Å². The number of carbonyl (C=O) groups is 1. The van der Waals surface area contributed by atoms with Crippen LogP contribution in [-0.4, -0.2) is 41.2 Å². The minimum Gasteiger partial charge on any atom is -0.372 e. The molecule has 0 spiro atoms. The molecule has 6 nitrogen and oxygen atoms in total. The van der Waals surface area contributed by atoms with Gasteiger partial charge in [0, 0.05) is 24.0 Å². The number of rotatable bonds is 4. The highest BCUT2D eigenvalue weighted by atomic mass is 32.1. The van der Waals surface area contributed by atoms with E-state index in [-0.39, 0.29) is 18.1 Å². The highest BCUT2D eigenvalue weighted by Gasteiger charge is 2.23. The second kappa shape index (κ2) is 7.98. The quantitative estimate of drug-likeness (QED) is 0.684. The number of nitrogens with zero attached hydrogens (tertiary/aromatic N) is 3. The largest absolute Gasteiger partial charge is 0.372 e. The van der Waals surface area contributed by atoms with E-state index in [4.69, 9.17) is 4.74 Å². The fraction of sp³-hybridized carbons (Fsp3) is 0.350. The van der Waals surface area contributed by atoms with Crippen molar-refractivity contribution in [2.75, 3.05) is 23.3 Å². The number of aromatic nitrogens is 2. The zero-order valence-corrected chi connectivity index (χ0v) is 17.6. The van der Waals surface area contributed by atoms with Gasteiger partial charge < -0.3 is 15.0 Å². The van der Waals surface area contributed by atoms with Gasteiger partial charge in [0.1, 0.15) is 15.7 Å². The van der Waals surface area contributed by atoms with E-state index in [1.54, 1.807) is 17.5 Å². The molecule has 0 saturated carbocycles. The first-order valence-electron chi connectivity index (χ1n) is 9.17. The number of pyridine rings is 1. The predicted molar refractivity (Wildman–Crippen MR) is 115 cm³/mol. The zero-order valence-electron chi connectivity index (χ0n) is 16.0. The Morgan fingerprint density at radius 1 is 1.25 bits per heavy atom. The summed E-state index contributed by atoms with van der Waals surface area (Å²) in [5.74, 6) is 0.744. The van der Waals surface area contributed by atoms with Crippen molar-refractivity contribution in [2.45, 2.75) is 33.0 Å². The monoisotopic (exact) mass is 414 g/mol. The summed E-state index contributed by atoms with van der Waals surface area (Å²) in [7, 11) is 0. The number of ether oxygens (including phenoxy) is 1. The van der Waals surface area contributed by atoms with Gasteiger partial charge in [0.25, 0.3) is 5.91 Å². The normalized spacial score (nSPS) is 19.6. The molecule has 1 amide bonds. The first-order chi connectivity index (χ1) is 13.5. The lowest BCUT2D eigenvalue weighted by molar-refractivity contribution is -0.00545. The molecule has 1 N–H and O–H groups in total. The number of hydrogen-bond acceptors (Lipinski definition) is 7. The molecule has 0 bridgehead atoms. The number of thiophene rings is 1. The van der Waals surface area contributed by atoms with Gasteiger partial charge in [0.05, 0.1) is 29.8 Å². The Labute approximate surface area is 172 Å². The van der Waals surface area contributed by atoms with Crippen molar-refractivity contribution in [3.63, 3.8) is 0 Å². The van der Waals surface area contributed by atoms with Gasteiger partial charge in [-0.1, -0.05) is 0 Å². The molecule has 3 aromatic heterocycles. The molecule has 0 unspecified atom stereocenters. The van der Waals surface area contributed by atoms with Crippen LogP contribution in [0.2, 0.25) is 0 Å². The fourth-order valence-corrected chi connectivity index (χ4v) is 4.99. The molecule has 0 radical (unpaired) electrons. The van der Waals surface area contributed by atoms with Crippen LogP contribution in [0.3, 0.4) is 0 Å². The summed E-state index contributed by atoms with van der Waals surface area (Å²) in [6.07, 6.45) is 2.06. The smallest absolute Gasteiger partial charge is 0.267 e. The maximum Gasteiger partial charge on any atom is 0.267 e. The number of amides is 1. The average Bonchev–Trinajstić information content (AvgIpc) is 3.31. The summed E-state index contributed by atoms with van der Waals surface area (Å²) in [5, 5.41) is 7.85.